The van der Waals surface area contributed by atoms with Gasteiger partial charge in [-0.2, -0.15) is 0 Å². The summed E-state index contributed by atoms with van der Waals surface area (Å²) in [5, 5.41) is 0. The van der Waals surface area contributed by atoms with E-state index in [0.717, 1.165) is 0 Å². The molecule has 4 aliphatic rings. The molecule has 0 saturated heterocycles. The fourth-order valence-corrected chi connectivity index (χ4v) is 5.41. The highest BCUT2D eigenvalue weighted by atomic mass is 14.5. The average molecular weight is 306 g/mol. The number of hydrogen-bond acceptors (Lipinski definition) is 0. The summed E-state index contributed by atoms with van der Waals surface area (Å²) in [5.74, 6) is 1.77. The van der Waals surface area contributed by atoms with Crippen LogP contribution in [0.1, 0.15) is 57.1 Å². The topological polar surface area (TPSA) is 0 Å². The van der Waals surface area contributed by atoms with Crippen molar-refractivity contribution >= 4 is 0 Å². The lowest BCUT2D eigenvalue weighted by Gasteiger charge is -2.46. The highest BCUT2D eigenvalue weighted by molar-refractivity contribution is 5.62. The van der Waals surface area contributed by atoms with Gasteiger partial charge in [0, 0.05) is 23.7 Å². The zero-order chi connectivity index (χ0) is 15.7. The van der Waals surface area contributed by atoms with Crippen molar-refractivity contribution in [3.8, 4) is 0 Å². The van der Waals surface area contributed by atoms with Gasteiger partial charge in [0.15, 0.2) is 0 Å². The number of rotatable bonds is 0. The van der Waals surface area contributed by atoms with Crippen LogP contribution < -0.4 is 0 Å². The summed E-state index contributed by atoms with van der Waals surface area (Å²) in [7, 11) is 0. The van der Waals surface area contributed by atoms with E-state index in [1.165, 1.54) is 33.4 Å². The summed E-state index contributed by atoms with van der Waals surface area (Å²) in [6.45, 7) is 0. The molecule has 114 valence electrons. The van der Waals surface area contributed by atoms with Gasteiger partial charge in [-0.15, -0.1) is 0 Å². The van der Waals surface area contributed by atoms with Crippen LogP contribution in [0, 0.1) is 0 Å². The molecule has 0 amide bonds. The molecule has 0 saturated carbocycles. The molecule has 4 aliphatic carbocycles. The van der Waals surface area contributed by atoms with Crippen molar-refractivity contribution in [3.05, 3.63) is 118 Å². The Hall–Kier alpha value is -2.60. The van der Waals surface area contributed by atoms with E-state index in [9.17, 15) is 0 Å². The first-order valence-electron chi connectivity index (χ1n) is 8.88. The fraction of sp³-hybridized carbons (Fsp3) is 0.167. The minimum atomic E-state index is 0.437. The Bertz CT molecular complexity index is 868. The molecule has 24 heavy (non-hydrogen) atoms. The van der Waals surface area contributed by atoms with Crippen LogP contribution >= 0.6 is 0 Å². The predicted octanol–water partition coefficient (Wildman–Crippen LogP) is 5.71. The molecule has 0 nitrogen and oxygen atoms in total. The van der Waals surface area contributed by atoms with Crippen molar-refractivity contribution < 1.29 is 0 Å². The Morgan fingerprint density at radius 2 is 0.667 bits per heavy atom. The molecule has 7 rings (SSSR count). The Labute approximate surface area is 142 Å². The summed E-state index contributed by atoms with van der Waals surface area (Å²) in [5.41, 5.74) is 9.21. The van der Waals surface area contributed by atoms with Gasteiger partial charge < -0.3 is 0 Å². The maximum absolute atomic E-state index is 2.48. The second-order valence-electron chi connectivity index (χ2n) is 7.28. The van der Waals surface area contributed by atoms with Gasteiger partial charge in [0.25, 0.3) is 0 Å². The minimum absolute atomic E-state index is 0.437. The third-order valence-corrected chi connectivity index (χ3v) is 6.29. The Kier molecular flexibility index (Phi) is 2.38. The van der Waals surface area contributed by atoms with Crippen molar-refractivity contribution in [2.45, 2.75) is 23.7 Å². The van der Waals surface area contributed by atoms with Gasteiger partial charge in [-0.3, -0.25) is 0 Å². The molecule has 3 aromatic carbocycles. The zero-order valence-electron chi connectivity index (χ0n) is 13.4. The molecule has 0 heterocycles. The van der Waals surface area contributed by atoms with Crippen molar-refractivity contribution in [1.29, 1.82) is 0 Å². The standard InChI is InChI=1S/C24H18/c1-2-8-16-15(7-1)21-13-14-22(16)24-19-11-5-3-9-17(19)23(21)18-10-4-6-12-20(18)24/h1-14,21-24H. The number of allylic oxidation sites excluding steroid dienone is 2. The monoisotopic (exact) mass is 306 g/mol. The van der Waals surface area contributed by atoms with Crippen molar-refractivity contribution in [2.24, 2.45) is 0 Å². The van der Waals surface area contributed by atoms with Crippen LogP contribution in [0.4, 0.5) is 0 Å². The maximum Gasteiger partial charge on any atom is 0.0199 e. The average Bonchev–Trinajstić information content (AvgIpc) is 2.63. The number of hydrogen-bond donors (Lipinski definition) is 0. The first-order valence-corrected chi connectivity index (χ1v) is 8.88. The first-order chi connectivity index (χ1) is 11.9. The highest BCUT2D eigenvalue weighted by Gasteiger charge is 2.44. The van der Waals surface area contributed by atoms with E-state index in [1.807, 2.05) is 0 Å². The molecule has 0 N–H and O–H groups in total. The van der Waals surface area contributed by atoms with E-state index < -0.39 is 0 Å². The molecule has 4 bridgehead atoms. The van der Waals surface area contributed by atoms with Crippen LogP contribution in [0.2, 0.25) is 0 Å². The van der Waals surface area contributed by atoms with Gasteiger partial charge in [0.2, 0.25) is 0 Å². The normalized spacial score (nSPS) is 27.8. The fourth-order valence-electron chi connectivity index (χ4n) is 5.41. The molecule has 0 spiro atoms. The third-order valence-electron chi connectivity index (χ3n) is 6.29. The molecule has 0 aromatic heterocycles. The van der Waals surface area contributed by atoms with E-state index in [2.05, 4.69) is 84.9 Å². The summed E-state index contributed by atoms with van der Waals surface area (Å²) >= 11 is 0. The smallest absolute Gasteiger partial charge is 0.0199 e. The summed E-state index contributed by atoms with van der Waals surface area (Å²) in [4.78, 5) is 0. The lowest BCUT2D eigenvalue weighted by molar-refractivity contribution is 0.557. The summed E-state index contributed by atoms with van der Waals surface area (Å²) in [6, 6.07) is 27.4. The van der Waals surface area contributed by atoms with E-state index in [0.29, 0.717) is 23.7 Å². The van der Waals surface area contributed by atoms with Crippen LogP contribution in [0.25, 0.3) is 0 Å². The van der Waals surface area contributed by atoms with Gasteiger partial charge in [-0.25, -0.2) is 0 Å². The van der Waals surface area contributed by atoms with Gasteiger partial charge in [0.1, 0.15) is 0 Å². The molecule has 2 unspecified atom stereocenters. The second-order valence-corrected chi connectivity index (χ2v) is 7.28. The molecule has 0 fully saturated rings. The number of benzene rings is 3. The molecule has 0 radical (unpaired) electrons. The van der Waals surface area contributed by atoms with E-state index in [1.54, 1.807) is 0 Å². The second kappa shape index (κ2) is 4.48. The van der Waals surface area contributed by atoms with Crippen LogP contribution in [0.3, 0.4) is 0 Å². The highest BCUT2D eigenvalue weighted by Crippen LogP contribution is 2.59. The van der Waals surface area contributed by atoms with Gasteiger partial charge in [0.05, 0.1) is 0 Å². The van der Waals surface area contributed by atoms with Crippen LogP contribution in [-0.2, 0) is 0 Å². The third kappa shape index (κ3) is 1.45. The van der Waals surface area contributed by atoms with E-state index >= 15 is 0 Å². The van der Waals surface area contributed by atoms with Crippen molar-refractivity contribution in [2.75, 3.05) is 0 Å². The lowest BCUT2D eigenvalue weighted by Crippen LogP contribution is -2.31. The predicted molar refractivity (Wildman–Crippen MR) is 97.6 cm³/mol. The Balaban J connectivity index is 1.77. The SMILES string of the molecule is C1=CC2c3ccccc3C1C1c3ccccc3C2c2ccccc21. The maximum atomic E-state index is 2.48. The summed E-state index contributed by atoms with van der Waals surface area (Å²) < 4.78 is 0. The lowest BCUT2D eigenvalue weighted by atomic mass is 9.57. The zero-order valence-corrected chi connectivity index (χ0v) is 13.4. The minimum Gasteiger partial charge on any atom is -0.0794 e. The quantitative estimate of drug-likeness (QED) is 0.466. The van der Waals surface area contributed by atoms with Crippen molar-refractivity contribution in [1.82, 2.24) is 0 Å². The molecule has 2 atom stereocenters. The largest absolute Gasteiger partial charge is 0.0794 e. The van der Waals surface area contributed by atoms with Crippen molar-refractivity contribution in [3.63, 3.8) is 0 Å². The summed E-state index contributed by atoms with van der Waals surface area (Å²) in [6.07, 6.45) is 4.97. The molecule has 3 aromatic rings. The Morgan fingerprint density at radius 1 is 0.375 bits per heavy atom. The molecular formula is C24H18. The molecular weight excluding hydrogens is 288 g/mol. The van der Waals surface area contributed by atoms with Gasteiger partial charge >= 0.3 is 0 Å². The van der Waals surface area contributed by atoms with Crippen LogP contribution in [0.5, 0.6) is 0 Å². The molecule has 0 heteroatoms. The Morgan fingerprint density at radius 3 is 1.00 bits per heavy atom. The first kappa shape index (κ1) is 12.8. The van der Waals surface area contributed by atoms with Crippen LogP contribution in [0.15, 0.2) is 84.9 Å². The molecule has 0 aliphatic heterocycles. The van der Waals surface area contributed by atoms with Gasteiger partial charge in [-0.1, -0.05) is 84.9 Å². The van der Waals surface area contributed by atoms with E-state index in [4.69, 9.17) is 0 Å². The van der Waals surface area contributed by atoms with Crippen LogP contribution in [-0.4, -0.2) is 0 Å². The van der Waals surface area contributed by atoms with E-state index in [-0.39, 0.29) is 0 Å². The van der Waals surface area contributed by atoms with Gasteiger partial charge in [-0.05, 0) is 33.4 Å².